The highest BCUT2D eigenvalue weighted by atomic mass is 32.2. The molecule has 0 saturated heterocycles. The fourth-order valence-electron chi connectivity index (χ4n) is 1.72. The lowest BCUT2D eigenvalue weighted by molar-refractivity contribution is 0.278. The molecule has 0 saturated carbocycles. The Morgan fingerprint density at radius 2 is 2.10 bits per heavy atom. The summed E-state index contributed by atoms with van der Waals surface area (Å²) in [7, 11) is -3.71. The van der Waals surface area contributed by atoms with E-state index in [1.165, 1.54) is 6.07 Å². The minimum absolute atomic E-state index is 0.0257. The van der Waals surface area contributed by atoms with Crippen LogP contribution in [0.5, 0.6) is 0 Å². The lowest BCUT2D eigenvalue weighted by Gasteiger charge is -2.08. The fraction of sp³-hybridized carbons (Fsp3) is 0.308. The summed E-state index contributed by atoms with van der Waals surface area (Å²) >= 11 is 0. The van der Waals surface area contributed by atoms with Crippen LogP contribution in [0.3, 0.4) is 0 Å². The number of rotatable bonds is 6. The van der Waals surface area contributed by atoms with E-state index in [2.05, 4.69) is 9.71 Å². The van der Waals surface area contributed by atoms with Crippen LogP contribution in [-0.4, -0.2) is 18.5 Å². The minimum Gasteiger partial charge on any atom is -0.444 e. The van der Waals surface area contributed by atoms with Crippen LogP contribution in [-0.2, 0) is 29.6 Å². The molecule has 1 aromatic heterocycles. The molecule has 0 bridgehead atoms. The van der Waals surface area contributed by atoms with Gasteiger partial charge in [-0.3, -0.25) is 0 Å². The van der Waals surface area contributed by atoms with Crippen LogP contribution in [0.15, 0.2) is 39.8 Å². The molecule has 6 nitrogen and oxygen atoms in total. The third kappa shape index (κ3) is 3.24. The van der Waals surface area contributed by atoms with Gasteiger partial charge in [0, 0.05) is 6.42 Å². The molecular weight excluding hydrogens is 280 g/mol. The summed E-state index contributed by atoms with van der Waals surface area (Å²) in [4.78, 5) is 4.04. The van der Waals surface area contributed by atoms with Crippen LogP contribution in [0.4, 0.5) is 0 Å². The third-order valence-corrected chi connectivity index (χ3v) is 4.30. The third-order valence-electron chi connectivity index (χ3n) is 2.80. The summed E-state index contributed by atoms with van der Waals surface area (Å²) in [5, 5.41) is 9.18. The second-order valence-electron chi connectivity index (χ2n) is 4.16. The lowest BCUT2D eigenvalue weighted by atomic mass is 10.2. The molecule has 2 N–H and O–H groups in total. The summed E-state index contributed by atoms with van der Waals surface area (Å²) in [6.45, 7) is 1.56. The maximum absolute atomic E-state index is 12.2. The molecule has 7 heteroatoms. The number of aliphatic hydroxyl groups is 1. The summed E-state index contributed by atoms with van der Waals surface area (Å²) < 4.78 is 32.1. The number of aryl methyl sites for hydroxylation is 1. The van der Waals surface area contributed by atoms with Gasteiger partial charge < -0.3 is 9.52 Å². The molecule has 0 aliphatic carbocycles. The van der Waals surface area contributed by atoms with E-state index >= 15 is 0 Å². The Labute approximate surface area is 117 Å². The van der Waals surface area contributed by atoms with Gasteiger partial charge in [0.2, 0.25) is 15.9 Å². The molecule has 0 atom stereocenters. The van der Waals surface area contributed by atoms with E-state index < -0.39 is 10.0 Å². The van der Waals surface area contributed by atoms with Crippen LogP contribution >= 0.6 is 0 Å². The largest absolute Gasteiger partial charge is 0.444 e. The molecule has 0 spiro atoms. The first kappa shape index (κ1) is 14.7. The van der Waals surface area contributed by atoms with Crippen molar-refractivity contribution in [2.45, 2.75) is 31.4 Å². The quantitative estimate of drug-likeness (QED) is 0.836. The van der Waals surface area contributed by atoms with Crippen molar-refractivity contribution in [1.82, 2.24) is 9.71 Å². The van der Waals surface area contributed by atoms with Crippen LogP contribution in [0, 0.1) is 0 Å². The van der Waals surface area contributed by atoms with Crippen molar-refractivity contribution >= 4 is 10.0 Å². The standard InChI is InChI=1S/C13H16N2O4S/c1-2-11-7-14-13(19-11)8-15-20(17,18)12-6-4-3-5-10(12)9-16/h3-7,15-16H,2,8-9H2,1H3. The summed E-state index contributed by atoms with van der Waals surface area (Å²) in [6.07, 6.45) is 2.28. The monoisotopic (exact) mass is 296 g/mol. The Morgan fingerprint density at radius 1 is 1.35 bits per heavy atom. The zero-order valence-electron chi connectivity index (χ0n) is 11.0. The van der Waals surface area contributed by atoms with Gasteiger partial charge >= 0.3 is 0 Å². The summed E-state index contributed by atoms with van der Waals surface area (Å²) in [5.41, 5.74) is 0.349. The Bertz CT molecular complexity index is 679. The zero-order chi connectivity index (χ0) is 14.6. The molecule has 108 valence electrons. The normalized spacial score (nSPS) is 11.7. The average Bonchev–Trinajstić information content (AvgIpc) is 2.93. The van der Waals surface area contributed by atoms with Crippen molar-refractivity contribution in [2.24, 2.45) is 0 Å². The van der Waals surface area contributed by atoms with Gasteiger partial charge in [-0.1, -0.05) is 25.1 Å². The van der Waals surface area contributed by atoms with Gasteiger partial charge in [-0.2, -0.15) is 0 Å². The molecule has 0 radical (unpaired) electrons. The molecule has 0 unspecified atom stereocenters. The molecule has 0 aliphatic heterocycles. The number of oxazole rings is 1. The Kier molecular flexibility index (Phi) is 4.53. The topological polar surface area (TPSA) is 92.4 Å². The van der Waals surface area contributed by atoms with E-state index in [0.717, 1.165) is 0 Å². The Balaban J connectivity index is 2.15. The minimum atomic E-state index is -3.71. The predicted octanol–water partition coefficient (Wildman–Crippen LogP) is 1.21. The molecule has 20 heavy (non-hydrogen) atoms. The van der Waals surface area contributed by atoms with Crippen LogP contribution in [0.2, 0.25) is 0 Å². The predicted molar refractivity (Wildman–Crippen MR) is 72.3 cm³/mol. The molecule has 2 rings (SSSR count). The van der Waals surface area contributed by atoms with Gasteiger partial charge in [0.15, 0.2) is 0 Å². The van der Waals surface area contributed by atoms with E-state index in [-0.39, 0.29) is 18.0 Å². The molecule has 1 aromatic carbocycles. The number of hydrogen-bond acceptors (Lipinski definition) is 5. The second-order valence-corrected chi connectivity index (χ2v) is 5.90. The average molecular weight is 296 g/mol. The summed E-state index contributed by atoms with van der Waals surface area (Å²) in [6, 6.07) is 6.29. The Hall–Kier alpha value is -1.70. The first-order valence-electron chi connectivity index (χ1n) is 6.19. The van der Waals surface area contributed by atoms with Gasteiger partial charge in [-0.15, -0.1) is 0 Å². The van der Waals surface area contributed by atoms with E-state index in [9.17, 15) is 13.5 Å². The number of sulfonamides is 1. The fourth-order valence-corrected chi connectivity index (χ4v) is 2.93. The second kappa shape index (κ2) is 6.17. The molecule has 1 heterocycles. The van der Waals surface area contributed by atoms with E-state index in [4.69, 9.17) is 4.42 Å². The first-order valence-corrected chi connectivity index (χ1v) is 7.67. The number of aliphatic hydroxyl groups excluding tert-OH is 1. The van der Waals surface area contributed by atoms with Gasteiger partial charge in [0.05, 0.1) is 24.2 Å². The van der Waals surface area contributed by atoms with E-state index in [1.54, 1.807) is 24.4 Å². The zero-order valence-corrected chi connectivity index (χ0v) is 11.9. The SMILES string of the molecule is CCc1cnc(CNS(=O)(=O)c2ccccc2CO)o1. The molecule has 0 aliphatic rings. The van der Waals surface area contributed by atoms with E-state index in [1.807, 2.05) is 6.92 Å². The van der Waals surface area contributed by atoms with E-state index in [0.29, 0.717) is 23.6 Å². The van der Waals surface area contributed by atoms with Crippen molar-refractivity contribution in [3.63, 3.8) is 0 Å². The van der Waals surface area contributed by atoms with Gasteiger partial charge in [-0.05, 0) is 11.6 Å². The highest BCUT2D eigenvalue weighted by Crippen LogP contribution is 2.15. The van der Waals surface area contributed by atoms with Crippen molar-refractivity contribution in [2.75, 3.05) is 0 Å². The summed E-state index contributed by atoms with van der Waals surface area (Å²) in [5.74, 6) is 1.02. The maximum atomic E-state index is 12.2. The smallest absolute Gasteiger partial charge is 0.241 e. The van der Waals surface area contributed by atoms with Gasteiger partial charge in [0.1, 0.15) is 5.76 Å². The van der Waals surface area contributed by atoms with Crippen LogP contribution < -0.4 is 4.72 Å². The number of nitrogens with zero attached hydrogens (tertiary/aromatic N) is 1. The highest BCUT2D eigenvalue weighted by molar-refractivity contribution is 7.89. The number of benzene rings is 1. The number of hydrogen-bond donors (Lipinski definition) is 2. The van der Waals surface area contributed by atoms with Crippen LogP contribution in [0.1, 0.15) is 24.1 Å². The maximum Gasteiger partial charge on any atom is 0.241 e. The molecular formula is C13H16N2O4S. The number of nitrogens with one attached hydrogen (secondary N) is 1. The van der Waals surface area contributed by atoms with Crippen molar-refractivity contribution in [3.8, 4) is 0 Å². The van der Waals surface area contributed by atoms with Crippen LogP contribution in [0.25, 0.3) is 0 Å². The van der Waals surface area contributed by atoms with Gasteiger partial charge in [-0.25, -0.2) is 18.1 Å². The van der Waals surface area contributed by atoms with Crippen molar-refractivity contribution in [1.29, 1.82) is 0 Å². The molecule has 2 aromatic rings. The first-order chi connectivity index (χ1) is 9.56. The lowest BCUT2D eigenvalue weighted by Crippen LogP contribution is -2.24. The van der Waals surface area contributed by atoms with Gasteiger partial charge in [0.25, 0.3) is 0 Å². The highest BCUT2D eigenvalue weighted by Gasteiger charge is 2.18. The number of aromatic nitrogens is 1. The van der Waals surface area contributed by atoms with Crippen molar-refractivity contribution < 1.29 is 17.9 Å². The van der Waals surface area contributed by atoms with Crippen molar-refractivity contribution in [3.05, 3.63) is 47.7 Å². The Morgan fingerprint density at radius 3 is 2.75 bits per heavy atom. The molecule has 0 fully saturated rings. The molecule has 0 amide bonds.